The molecule has 1 aromatic carbocycles. The normalized spacial score (nSPS) is 22.4. The van der Waals surface area contributed by atoms with Crippen LogP contribution in [0.1, 0.15) is 45.1 Å². The van der Waals surface area contributed by atoms with Crippen LogP contribution in [-0.4, -0.2) is 67.8 Å². The molecule has 4 amide bonds. The van der Waals surface area contributed by atoms with Crippen LogP contribution in [0.15, 0.2) is 18.2 Å². The van der Waals surface area contributed by atoms with E-state index in [9.17, 15) is 14.4 Å². The van der Waals surface area contributed by atoms with E-state index in [1.807, 2.05) is 26.0 Å². The quantitative estimate of drug-likeness (QED) is 0.561. The molecule has 0 aliphatic carbocycles. The summed E-state index contributed by atoms with van der Waals surface area (Å²) in [7, 11) is 3.12. The summed E-state index contributed by atoms with van der Waals surface area (Å²) in [5, 5.41) is 5.72. The number of carbonyl (C=O) groups is 3. The van der Waals surface area contributed by atoms with Crippen molar-refractivity contribution in [1.29, 1.82) is 0 Å². The van der Waals surface area contributed by atoms with Crippen molar-refractivity contribution in [3.63, 3.8) is 0 Å². The molecule has 2 aliphatic heterocycles. The molecular weight excluding hydrogens is 414 g/mol. The van der Waals surface area contributed by atoms with Gasteiger partial charge in [0.05, 0.1) is 19.8 Å². The maximum atomic E-state index is 12.7. The number of hydrogen-bond acceptors (Lipinski definition) is 6. The van der Waals surface area contributed by atoms with Gasteiger partial charge in [-0.15, -0.1) is 0 Å². The summed E-state index contributed by atoms with van der Waals surface area (Å²) in [6.45, 7) is 4.88. The molecule has 2 saturated heterocycles. The molecule has 2 atom stereocenters. The SMILES string of the molecule is COc1ccc(CCN2C(=O)N[C@@H](CCC(=O)N[C@H]3CCOC(C)(C)C3)C2=O)cc1OC. The molecule has 2 aliphatic rings. The van der Waals surface area contributed by atoms with Crippen molar-refractivity contribution in [3.05, 3.63) is 23.8 Å². The molecule has 0 spiro atoms. The highest BCUT2D eigenvalue weighted by Crippen LogP contribution is 2.28. The fourth-order valence-corrected chi connectivity index (χ4v) is 4.19. The van der Waals surface area contributed by atoms with Gasteiger partial charge in [-0.1, -0.05) is 6.07 Å². The molecule has 9 nitrogen and oxygen atoms in total. The minimum Gasteiger partial charge on any atom is -0.493 e. The summed E-state index contributed by atoms with van der Waals surface area (Å²) in [5.74, 6) is 0.807. The highest BCUT2D eigenvalue weighted by atomic mass is 16.5. The number of imide groups is 1. The largest absolute Gasteiger partial charge is 0.493 e. The Labute approximate surface area is 188 Å². The van der Waals surface area contributed by atoms with E-state index in [-0.39, 0.29) is 42.8 Å². The third kappa shape index (κ3) is 5.91. The molecule has 0 bridgehead atoms. The summed E-state index contributed by atoms with van der Waals surface area (Å²) < 4.78 is 16.2. The van der Waals surface area contributed by atoms with Crippen LogP contribution < -0.4 is 20.1 Å². The van der Waals surface area contributed by atoms with Crippen molar-refractivity contribution in [2.24, 2.45) is 0 Å². The Hall–Kier alpha value is -2.81. The summed E-state index contributed by atoms with van der Waals surface area (Å²) in [6.07, 6.45) is 2.47. The van der Waals surface area contributed by atoms with Gasteiger partial charge in [-0.05, 0) is 57.2 Å². The van der Waals surface area contributed by atoms with Gasteiger partial charge < -0.3 is 24.8 Å². The third-order valence-corrected chi connectivity index (χ3v) is 5.90. The van der Waals surface area contributed by atoms with Crippen molar-refractivity contribution in [2.75, 3.05) is 27.4 Å². The Balaban J connectivity index is 1.47. The summed E-state index contributed by atoms with van der Waals surface area (Å²) in [6, 6.07) is 4.46. The van der Waals surface area contributed by atoms with Crippen LogP contribution in [0.2, 0.25) is 0 Å². The van der Waals surface area contributed by atoms with E-state index < -0.39 is 12.1 Å². The molecule has 0 radical (unpaired) electrons. The second-order valence-electron chi connectivity index (χ2n) is 8.84. The van der Waals surface area contributed by atoms with E-state index in [2.05, 4.69) is 10.6 Å². The fourth-order valence-electron chi connectivity index (χ4n) is 4.19. The molecule has 176 valence electrons. The summed E-state index contributed by atoms with van der Waals surface area (Å²) in [4.78, 5) is 38.6. The fraction of sp³-hybridized carbons (Fsp3) is 0.609. The van der Waals surface area contributed by atoms with E-state index in [1.54, 1.807) is 20.3 Å². The minimum absolute atomic E-state index is 0.0677. The molecule has 0 aromatic heterocycles. The zero-order valence-corrected chi connectivity index (χ0v) is 19.2. The Morgan fingerprint density at radius 1 is 1.25 bits per heavy atom. The number of hydrogen-bond donors (Lipinski definition) is 2. The van der Waals surface area contributed by atoms with E-state index in [0.717, 1.165) is 18.4 Å². The Bertz CT molecular complexity index is 856. The van der Waals surface area contributed by atoms with Crippen LogP contribution in [0.25, 0.3) is 0 Å². The first-order chi connectivity index (χ1) is 15.2. The van der Waals surface area contributed by atoms with Gasteiger partial charge in [0, 0.05) is 25.6 Å². The first kappa shape index (κ1) is 23.8. The van der Waals surface area contributed by atoms with Crippen LogP contribution in [0.5, 0.6) is 11.5 Å². The van der Waals surface area contributed by atoms with Crippen LogP contribution in [0, 0.1) is 0 Å². The lowest BCUT2D eigenvalue weighted by molar-refractivity contribution is -0.128. The topological polar surface area (TPSA) is 106 Å². The van der Waals surface area contributed by atoms with Crippen molar-refractivity contribution >= 4 is 17.8 Å². The second kappa shape index (κ2) is 10.2. The number of urea groups is 1. The number of nitrogens with zero attached hydrogens (tertiary/aromatic N) is 1. The van der Waals surface area contributed by atoms with Gasteiger partial charge in [-0.3, -0.25) is 14.5 Å². The van der Waals surface area contributed by atoms with Gasteiger partial charge in [0.2, 0.25) is 5.91 Å². The molecule has 2 heterocycles. The van der Waals surface area contributed by atoms with E-state index in [0.29, 0.717) is 24.5 Å². The van der Waals surface area contributed by atoms with Crippen LogP contribution in [0.4, 0.5) is 4.79 Å². The molecule has 9 heteroatoms. The number of rotatable bonds is 9. The average molecular weight is 448 g/mol. The molecule has 2 N–H and O–H groups in total. The van der Waals surface area contributed by atoms with E-state index in [4.69, 9.17) is 14.2 Å². The number of ether oxygens (including phenoxy) is 3. The second-order valence-corrected chi connectivity index (χ2v) is 8.84. The Kier molecular flexibility index (Phi) is 7.60. The van der Waals surface area contributed by atoms with Crippen LogP contribution in [-0.2, 0) is 20.7 Å². The van der Waals surface area contributed by atoms with E-state index >= 15 is 0 Å². The monoisotopic (exact) mass is 447 g/mol. The predicted octanol–water partition coefficient (Wildman–Crippen LogP) is 2.02. The smallest absolute Gasteiger partial charge is 0.324 e. The Morgan fingerprint density at radius 3 is 2.69 bits per heavy atom. The standard InChI is InChI=1S/C23H33N3O6/c1-23(2)14-16(10-12-32-23)24-20(27)8-6-17-21(28)26(22(29)25-17)11-9-15-5-7-18(30-3)19(13-15)31-4/h5,7,13,16-17H,6,8-12,14H2,1-4H3,(H,24,27)(H,25,29)/t16-,17-/m0/s1. The molecule has 0 saturated carbocycles. The zero-order valence-electron chi connectivity index (χ0n) is 19.2. The van der Waals surface area contributed by atoms with Gasteiger partial charge in [-0.2, -0.15) is 0 Å². The number of nitrogens with one attached hydrogen (secondary N) is 2. The van der Waals surface area contributed by atoms with Gasteiger partial charge in [-0.25, -0.2) is 4.79 Å². The highest BCUT2D eigenvalue weighted by Gasteiger charge is 2.38. The minimum atomic E-state index is -0.676. The van der Waals surface area contributed by atoms with Gasteiger partial charge in [0.15, 0.2) is 11.5 Å². The van der Waals surface area contributed by atoms with Crippen molar-refractivity contribution in [1.82, 2.24) is 15.5 Å². The van der Waals surface area contributed by atoms with Gasteiger partial charge in [0.25, 0.3) is 5.91 Å². The molecule has 0 unspecified atom stereocenters. The van der Waals surface area contributed by atoms with Crippen LogP contribution >= 0.6 is 0 Å². The van der Waals surface area contributed by atoms with Gasteiger partial charge in [0.1, 0.15) is 6.04 Å². The maximum Gasteiger partial charge on any atom is 0.324 e. The predicted molar refractivity (Wildman–Crippen MR) is 118 cm³/mol. The van der Waals surface area contributed by atoms with Crippen molar-refractivity contribution in [2.45, 2.75) is 63.6 Å². The molecular formula is C23H33N3O6. The Morgan fingerprint density at radius 2 is 2.00 bits per heavy atom. The lowest BCUT2D eigenvalue weighted by Crippen LogP contribution is -2.46. The van der Waals surface area contributed by atoms with Crippen molar-refractivity contribution < 1.29 is 28.6 Å². The lowest BCUT2D eigenvalue weighted by atomic mass is 9.94. The highest BCUT2D eigenvalue weighted by molar-refractivity contribution is 6.04. The first-order valence-corrected chi connectivity index (χ1v) is 11.0. The van der Waals surface area contributed by atoms with E-state index in [1.165, 1.54) is 4.90 Å². The molecule has 32 heavy (non-hydrogen) atoms. The van der Waals surface area contributed by atoms with Crippen LogP contribution in [0.3, 0.4) is 0 Å². The molecule has 2 fully saturated rings. The lowest BCUT2D eigenvalue weighted by Gasteiger charge is -2.35. The molecule has 1 aromatic rings. The van der Waals surface area contributed by atoms with Gasteiger partial charge >= 0.3 is 6.03 Å². The number of benzene rings is 1. The maximum absolute atomic E-state index is 12.7. The number of carbonyl (C=O) groups excluding carboxylic acids is 3. The zero-order chi connectivity index (χ0) is 23.3. The summed E-state index contributed by atoms with van der Waals surface area (Å²) >= 11 is 0. The van der Waals surface area contributed by atoms with Crippen molar-refractivity contribution in [3.8, 4) is 11.5 Å². The average Bonchev–Trinajstić information content (AvgIpc) is 3.02. The third-order valence-electron chi connectivity index (χ3n) is 5.90. The number of amides is 4. The number of methoxy groups -OCH3 is 2. The first-order valence-electron chi connectivity index (χ1n) is 11.0. The summed E-state index contributed by atoms with van der Waals surface area (Å²) in [5.41, 5.74) is 0.672. The molecule has 3 rings (SSSR count).